The van der Waals surface area contributed by atoms with E-state index in [0.717, 1.165) is 43.9 Å². The van der Waals surface area contributed by atoms with Gasteiger partial charge in [-0.15, -0.1) is 5.10 Å². The minimum Gasteiger partial charge on any atom is -0.355 e. The molecule has 0 saturated carbocycles. The van der Waals surface area contributed by atoms with Crippen molar-refractivity contribution in [3.05, 3.63) is 6.20 Å². The molecule has 18 heavy (non-hydrogen) atoms. The third-order valence-corrected chi connectivity index (χ3v) is 3.90. The zero-order valence-electron chi connectivity index (χ0n) is 11.0. The van der Waals surface area contributed by atoms with Gasteiger partial charge in [0.25, 0.3) is 0 Å². The lowest BCUT2D eigenvalue weighted by atomic mass is 10.0. The molecule has 5 nitrogen and oxygen atoms in total. The number of rotatable bonds is 2. The number of anilines is 2. The summed E-state index contributed by atoms with van der Waals surface area (Å²) in [5.41, 5.74) is 0. The van der Waals surface area contributed by atoms with Crippen LogP contribution in [0.15, 0.2) is 6.20 Å². The highest BCUT2D eigenvalue weighted by Crippen LogP contribution is 2.22. The molecule has 5 heteroatoms. The lowest BCUT2D eigenvalue weighted by molar-refractivity contribution is 0.444. The van der Waals surface area contributed by atoms with Crippen LogP contribution in [0, 0.1) is 5.92 Å². The number of hydrogen-bond donors (Lipinski definition) is 0. The van der Waals surface area contributed by atoms with Crippen LogP contribution in [-0.2, 0) is 0 Å². The van der Waals surface area contributed by atoms with Crippen molar-refractivity contribution in [3.8, 4) is 0 Å². The second-order valence-electron chi connectivity index (χ2n) is 5.50. The Balaban J connectivity index is 1.77. The van der Waals surface area contributed by atoms with E-state index in [-0.39, 0.29) is 0 Å². The lowest BCUT2D eigenvalue weighted by Crippen LogP contribution is -2.35. The second kappa shape index (κ2) is 5.08. The van der Waals surface area contributed by atoms with E-state index in [1.807, 2.05) is 0 Å². The minimum absolute atomic E-state index is 0.754. The van der Waals surface area contributed by atoms with Crippen molar-refractivity contribution < 1.29 is 0 Å². The van der Waals surface area contributed by atoms with Gasteiger partial charge in [-0.2, -0.15) is 10.1 Å². The van der Waals surface area contributed by atoms with Crippen molar-refractivity contribution in [3.63, 3.8) is 0 Å². The quantitative estimate of drug-likeness (QED) is 0.796. The molecule has 0 spiro atoms. The van der Waals surface area contributed by atoms with E-state index in [1.165, 1.54) is 25.7 Å². The number of aromatic nitrogens is 3. The Kier molecular flexibility index (Phi) is 3.30. The Morgan fingerprint density at radius 2 is 1.89 bits per heavy atom. The standard InChI is InChI=1S/C13H21N5/c1-11-5-4-8-18(10-11)12-9-14-16-13(15-12)17-6-2-3-7-17/h9,11H,2-8,10H2,1H3. The molecule has 0 bridgehead atoms. The normalized spacial score (nSPS) is 24.6. The van der Waals surface area contributed by atoms with Crippen LogP contribution >= 0.6 is 0 Å². The van der Waals surface area contributed by atoms with E-state index in [9.17, 15) is 0 Å². The Morgan fingerprint density at radius 1 is 1.11 bits per heavy atom. The molecule has 2 aliphatic heterocycles. The average molecular weight is 247 g/mol. The van der Waals surface area contributed by atoms with Crippen LogP contribution in [-0.4, -0.2) is 41.4 Å². The molecule has 3 heterocycles. The van der Waals surface area contributed by atoms with E-state index >= 15 is 0 Å². The summed E-state index contributed by atoms with van der Waals surface area (Å²) in [7, 11) is 0. The van der Waals surface area contributed by atoms with Gasteiger partial charge in [-0.05, 0) is 31.6 Å². The van der Waals surface area contributed by atoms with Gasteiger partial charge in [0.15, 0.2) is 5.82 Å². The summed E-state index contributed by atoms with van der Waals surface area (Å²) in [5, 5.41) is 8.31. The van der Waals surface area contributed by atoms with Crippen LogP contribution in [0.3, 0.4) is 0 Å². The Hall–Kier alpha value is -1.39. The number of nitrogens with zero attached hydrogens (tertiary/aromatic N) is 5. The maximum Gasteiger partial charge on any atom is 0.247 e. The molecular weight excluding hydrogens is 226 g/mol. The first-order valence-electron chi connectivity index (χ1n) is 7.02. The Morgan fingerprint density at radius 3 is 2.67 bits per heavy atom. The van der Waals surface area contributed by atoms with Crippen molar-refractivity contribution in [2.75, 3.05) is 36.0 Å². The minimum atomic E-state index is 0.754. The van der Waals surface area contributed by atoms with Gasteiger partial charge in [0.1, 0.15) is 0 Å². The largest absolute Gasteiger partial charge is 0.355 e. The fourth-order valence-corrected chi connectivity index (χ4v) is 2.89. The van der Waals surface area contributed by atoms with Crippen molar-refractivity contribution >= 4 is 11.8 Å². The molecule has 98 valence electrons. The van der Waals surface area contributed by atoms with Crippen LogP contribution in [0.25, 0.3) is 0 Å². The third kappa shape index (κ3) is 2.40. The van der Waals surface area contributed by atoms with Gasteiger partial charge in [-0.3, -0.25) is 0 Å². The maximum atomic E-state index is 4.69. The lowest BCUT2D eigenvalue weighted by Gasteiger charge is -2.31. The van der Waals surface area contributed by atoms with Crippen LogP contribution in [0.5, 0.6) is 0 Å². The Labute approximate surface area is 108 Å². The zero-order chi connectivity index (χ0) is 12.4. The highest BCUT2D eigenvalue weighted by Gasteiger charge is 2.20. The molecule has 2 aliphatic rings. The third-order valence-electron chi connectivity index (χ3n) is 3.90. The smallest absolute Gasteiger partial charge is 0.247 e. The topological polar surface area (TPSA) is 45.2 Å². The summed E-state index contributed by atoms with van der Waals surface area (Å²) in [4.78, 5) is 9.28. The van der Waals surface area contributed by atoms with E-state index < -0.39 is 0 Å². The Bertz CT molecular complexity index is 402. The van der Waals surface area contributed by atoms with Crippen LogP contribution < -0.4 is 9.80 Å². The summed E-state index contributed by atoms with van der Waals surface area (Å²) in [6.45, 7) is 6.64. The van der Waals surface area contributed by atoms with E-state index in [2.05, 4.69) is 26.9 Å². The predicted octanol–water partition coefficient (Wildman–Crippen LogP) is 1.71. The molecule has 0 aliphatic carbocycles. The van der Waals surface area contributed by atoms with E-state index in [0.29, 0.717) is 0 Å². The highest BCUT2D eigenvalue weighted by atomic mass is 15.4. The molecular formula is C13H21N5. The molecule has 1 aromatic heterocycles. The zero-order valence-corrected chi connectivity index (χ0v) is 11.0. The maximum absolute atomic E-state index is 4.69. The molecule has 1 atom stereocenters. The van der Waals surface area contributed by atoms with Crippen LogP contribution in [0.4, 0.5) is 11.8 Å². The van der Waals surface area contributed by atoms with Crippen LogP contribution in [0.2, 0.25) is 0 Å². The van der Waals surface area contributed by atoms with Gasteiger partial charge in [0.05, 0.1) is 6.20 Å². The molecule has 2 fully saturated rings. The van der Waals surface area contributed by atoms with Gasteiger partial charge in [0, 0.05) is 26.2 Å². The van der Waals surface area contributed by atoms with Gasteiger partial charge in [-0.1, -0.05) is 6.92 Å². The summed E-state index contributed by atoms with van der Waals surface area (Å²) in [6, 6.07) is 0. The SMILES string of the molecule is CC1CCCN(c2cnnc(N3CCCC3)n2)C1. The van der Waals surface area contributed by atoms with Gasteiger partial charge < -0.3 is 9.80 Å². The molecule has 3 rings (SSSR count). The van der Waals surface area contributed by atoms with Crippen molar-refractivity contribution in [1.82, 2.24) is 15.2 Å². The summed E-state index contributed by atoms with van der Waals surface area (Å²) < 4.78 is 0. The highest BCUT2D eigenvalue weighted by molar-refractivity contribution is 5.42. The monoisotopic (exact) mass is 247 g/mol. The second-order valence-corrected chi connectivity index (χ2v) is 5.50. The van der Waals surface area contributed by atoms with Gasteiger partial charge in [-0.25, -0.2) is 0 Å². The summed E-state index contributed by atoms with van der Waals surface area (Å²) >= 11 is 0. The van der Waals surface area contributed by atoms with E-state index in [1.54, 1.807) is 6.20 Å². The molecule has 0 N–H and O–H groups in total. The fraction of sp³-hybridized carbons (Fsp3) is 0.769. The van der Waals surface area contributed by atoms with Crippen LogP contribution in [0.1, 0.15) is 32.6 Å². The van der Waals surface area contributed by atoms with Gasteiger partial charge in [0.2, 0.25) is 5.95 Å². The van der Waals surface area contributed by atoms with Crippen molar-refractivity contribution in [1.29, 1.82) is 0 Å². The molecule has 1 aromatic rings. The molecule has 0 amide bonds. The van der Waals surface area contributed by atoms with E-state index in [4.69, 9.17) is 4.98 Å². The first kappa shape index (κ1) is 11.7. The predicted molar refractivity (Wildman–Crippen MR) is 71.9 cm³/mol. The first-order valence-corrected chi connectivity index (χ1v) is 7.02. The number of piperidine rings is 1. The molecule has 0 radical (unpaired) electrons. The van der Waals surface area contributed by atoms with Crippen molar-refractivity contribution in [2.24, 2.45) is 5.92 Å². The summed E-state index contributed by atoms with van der Waals surface area (Å²) in [5.74, 6) is 2.56. The summed E-state index contributed by atoms with van der Waals surface area (Å²) in [6.07, 6.45) is 6.87. The fourth-order valence-electron chi connectivity index (χ4n) is 2.89. The van der Waals surface area contributed by atoms with Crippen molar-refractivity contribution in [2.45, 2.75) is 32.6 Å². The average Bonchev–Trinajstić information content (AvgIpc) is 2.93. The molecule has 2 saturated heterocycles. The van der Waals surface area contributed by atoms with Gasteiger partial charge >= 0.3 is 0 Å². The molecule has 1 unspecified atom stereocenters. The number of hydrogen-bond acceptors (Lipinski definition) is 5. The first-order chi connectivity index (χ1) is 8.83. The molecule has 0 aromatic carbocycles.